The van der Waals surface area contributed by atoms with E-state index in [9.17, 15) is 13.2 Å². The van der Waals surface area contributed by atoms with Gasteiger partial charge in [0.2, 0.25) is 10.0 Å². The van der Waals surface area contributed by atoms with Crippen molar-refractivity contribution in [2.45, 2.75) is 6.92 Å². The molecule has 106 valence electrons. The van der Waals surface area contributed by atoms with E-state index in [1.54, 1.807) is 13.0 Å². The predicted octanol–water partition coefficient (Wildman–Crippen LogP) is 1.54. The van der Waals surface area contributed by atoms with E-state index in [2.05, 4.69) is 4.72 Å². The summed E-state index contributed by atoms with van der Waals surface area (Å²) < 4.78 is 29.7. The summed E-state index contributed by atoms with van der Waals surface area (Å²) in [6.07, 6.45) is 4.08. The molecular formula is C14H15NO4S. The van der Waals surface area contributed by atoms with Crippen molar-refractivity contribution in [1.82, 2.24) is 4.72 Å². The quantitative estimate of drug-likeness (QED) is 0.855. The summed E-state index contributed by atoms with van der Waals surface area (Å²) in [6.45, 7) is 1.98. The lowest BCUT2D eigenvalue weighted by Crippen LogP contribution is -2.17. The largest absolute Gasteiger partial charge is 0.462 e. The van der Waals surface area contributed by atoms with Crippen LogP contribution < -0.4 is 4.72 Å². The average Bonchev–Trinajstić information content (AvgIpc) is 2.74. The number of sulfonamides is 1. The third kappa shape index (κ3) is 3.08. The van der Waals surface area contributed by atoms with Crippen LogP contribution in [0.15, 0.2) is 36.0 Å². The number of rotatable bonds is 4. The first kappa shape index (κ1) is 14.3. The highest BCUT2D eigenvalue weighted by Crippen LogP contribution is 2.35. The van der Waals surface area contributed by atoms with Crippen LogP contribution in [0, 0.1) is 0 Å². The van der Waals surface area contributed by atoms with Crippen LogP contribution in [-0.4, -0.2) is 27.2 Å². The smallest absolute Gasteiger partial charge is 0.338 e. The maximum absolute atomic E-state index is 11.9. The van der Waals surface area contributed by atoms with E-state index >= 15 is 0 Å². The van der Waals surface area contributed by atoms with Crippen LogP contribution in [0.1, 0.15) is 18.1 Å². The minimum atomic E-state index is -3.38. The van der Waals surface area contributed by atoms with Gasteiger partial charge in [-0.15, -0.1) is 0 Å². The Hall–Kier alpha value is -2.08. The molecule has 1 aromatic rings. The molecule has 0 heterocycles. The summed E-state index contributed by atoms with van der Waals surface area (Å²) in [5.41, 5.74) is 2.53. The van der Waals surface area contributed by atoms with Gasteiger partial charge < -0.3 is 4.74 Å². The van der Waals surface area contributed by atoms with Crippen molar-refractivity contribution in [3.8, 4) is 0 Å². The van der Waals surface area contributed by atoms with Gasteiger partial charge in [0.05, 0.1) is 18.4 Å². The lowest BCUT2D eigenvalue weighted by Gasteiger charge is -2.07. The van der Waals surface area contributed by atoms with Gasteiger partial charge in [-0.25, -0.2) is 13.2 Å². The van der Waals surface area contributed by atoms with Gasteiger partial charge in [-0.05, 0) is 24.1 Å². The summed E-state index contributed by atoms with van der Waals surface area (Å²) >= 11 is 0. The summed E-state index contributed by atoms with van der Waals surface area (Å²) in [5.74, 6) is -0.467. The van der Waals surface area contributed by atoms with Crippen LogP contribution in [-0.2, 0) is 19.6 Å². The normalized spacial score (nSPS) is 15.7. The number of carbonyl (C=O) groups is 1. The van der Waals surface area contributed by atoms with Crippen molar-refractivity contribution in [2.24, 2.45) is 0 Å². The number of hydrogen-bond acceptors (Lipinski definition) is 4. The molecule has 0 saturated carbocycles. The van der Waals surface area contributed by atoms with Crippen LogP contribution in [0.5, 0.6) is 0 Å². The molecule has 0 aromatic heterocycles. The van der Waals surface area contributed by atoms with E-state index in [-0.39, 0.29) is 6.61 Å². The highest BCUT2D eigenvalue weighted by Gasteiger charge is 2.25. The standard InChI is InChI=1S/C14H15NO4S/c1-3-19-14(16)12-8-10-6-4-5-7-11(10)13(12)9-15-20(2,17)18/h4-9,15H,3H2,1-2H3/b13-9-. The molecule has 1 aromatic carbocycles. The molecule has 2 rings (SSSR count). The van der Waals surface area contributed by atoms with Crippen LogP contribution in [0.2, 0.25) is 0 Å². The summed E-state index contributed by atoms with van der Waals surface area (Å²) in [6, 6.07) is 7.36. The predicted molar refractivity (Wildman–Crippen MR) is 77.0 cm³/mol. The Morgan fingerprint density at radius 3 is 2.70 bits per heavy atom. The van der Waals surface area contributed by atoms with Crippen molar-refractivity contribution < 1.29 is 17.9 Å². The maximum Gasteiger partial charge on any atom is 0.338 e. The summed E-state index contributed by atoms with van der Waals surface area (Å²) in [4.78, 5) is 11.9. The third-order valence-electron chi connectivity index (χ3n) is 2.75. The average molecular weight is 293 g/mol. The van der Waals surface area contributed by atoms with Gasteiger partial charge in [0.25, 0.3) is 0 Å². The second kappa shape index (κ2) is 5.50. The molecule has 0 spiro atoms. The second-order valence-electron chi connectivity index (χ2n) is 4.31. The molecule has 5 nitrogen and oxygen atoms in total. The third-order valence-corrected chi connectivity index (χ3v) is 3.30. The maximum atomic E-state index is 11.9. The lowest BCUT2D eigenvalue weighted by atomic mass is 10.0. The van der Waals surface area contributed by atoms with Crippen LogP contribution in [0.25, 0.3) is 11.6 Å². The lowest BCUT2D eigenvalue weighted by molar-refractivity contribution is -0.137. The first-order valence-electron chi connectivity index (χ1n) is 6.08. The molecule has 0 aliphatic heterocycles. The van der Waals surface area contributed by atoms with E-state index < -0.39 is 16.0 Å². The van der Waals surface area contributed by atoms with Crippen molar-refractivity contribution >= 4 is 27.6 Å². The van der Waals surface area contributed by atoms with Gasteiger partial charge in [-0.3, -0.25) is 4.72 Å². The first-order chi connectivity index (χ1) is 9.42. The topological polar surface area (TPSA) is 72.5 Å². The Morgan fingerprint density at radius 2 is 2.05 bits per heavy atom. The molecule has 0 atom stereocenters. The molecule has 1 aliphatic rings. The van der Waals surface area contributed by atoms with Gasteiger partial charge >= 0.3 is 5.97 Å². The van der Waals surface area contributed by atoms with Crippen LogP contribution in [0.4, 0.5) is 0 Å². The highest BCUT2D eigenvalue weighted by atomic mass is 32.2. The number of nitrogens with one attached hydrogen (secondary N) is 1. The summed E-state index contributed by atoms with van der Waals surface area (Å²) in [5, 5.41) is 0. The molecule has 0 amide bonds. The van der Waals surface area contributed by atoms with Crippen molar-refractivity contribution in [3.63, 3.8) is 0 Å². The zero-order valence-electron chi connectivity index (χ0n) is 11.2. The van der Waals surface area contributed by atoms with E-state index in [1.807, 2.05) is 24.3 Å². The molecule has 0 saturated heterocycles. The molecule has 0 radical (unpaired) electrons. The zero-order chi connectivity index (χ0) is 14.8. The number of hydrogen-bond donors (Lipinski definition) is 1. The van der Waals surface area contributed by atoms with Gasteiger partial charge in [0.1, 0.15) is 0 Å². The van der Waals surface area contributed by atoms with Crippen LogP contribution in [0.3, 0.4) is 0 Å². The number of carbonyl (C=O) groups excluding carboxylic acids is 1. The van der Waals surface area contributed by atoms with E-state index in [0.717, 1.165) is 17.4 Å². The first-order valence-corrected chi connectivity index (χ1v) is 7.97. The fourth-order valence-electron chi connectivity index (χ4n) is 1.95. The van der Waals surface area contributed by atoms with Crippen molar-refractivity contribution in [1.29, 1.82) is 0 Å². The fourth-order valence-corrected chi connectivity index (χ4v) is 2.28. The number of esters is 1. The van der Waals surface area contributed by atoms with Crippen molar-refractivity contribution in [3.05, 3.63) is 47.2 Å². The Bertz CT molecular complexity index is 702. The SMILES string of the molecule is CCOC(=O)C1=Cc2ccccc2/C1=C/NS(C)(=O)=O. The summed E-state index contributed by atoms with van der Waals surface area (Å²) in [7, 11) is -3.38. The fraction of sp³-hybridized carbons (Fsp3) is 0.214. The minimum Gasteiger partial charge on any atom is -0.462 e. The minimum absolute atomic E-state index is 0.263. The monoisotopic (exact) mass is 293 g/mol. The second-order valence-corrected chi connectivity index (χ2v) is 6.09. The number of fused-ring (bicyclic) bond motifs is 1. The molecule has 6 heteroatoms. The van der Waals surface area contributed by atoms with Gasteiger partial charge in [-0.1, -0.05) is 24.3 Å². The highest BCUT2D eigenvalue weighted by molar-refractivity contribution is 7.88. The zero-order valence-corrected chi connectivity index (χ0v) is 12.0. The van der Waals surface area contributed by atoms with Crippen LogP contribution >= 0.6 is 0 Å². The van der Waals surface area contributed by atoms with Gasteiger partial charge in [0, 0.05) is 11.8 Å². The van der Waals surface area contributed by atoms with Gasteiger partial charge in [-0.2, -0.15) is 0 Å². The number of benzene rings is 1. The molecule has 1 aliphatic carbocycles. The number of ether oxygens (including phenoxy) is 1. The Labute approximate surface area is 118 Å². The molecule has 20 heavy (non-hydrogen) atoms. The molecule has 0 fully saturated rings. The molecular weight excluding hydrogens is 278 g/mol. The Morgan fingerprint density at radius 1 is 1.35 bits per heavy atom. The van der Waals surface area contributed by atoms with Crippen molar-refractivity contribution in [2.75, 3.05) is 12.9 Å². The van der Waals surface area contributed by atoms with E-state index in [1.165, 1.54) is 6.20 Å². The van der Waals surface area contributed by atoms with Gasteiger partial charge in [0.15, 0.2) is 0 Å². The Kier molecular flexibility index (Phi) is 3.94. The van der Waals surface area contributed by atoms with E-state index in [4.69, 9.17) is 4.74 Å². The molecule has 0 bridgehead atoms. The molecule has 0 unspecified atom stereocenters. The molecule has 1 N–H and O–H groups in total. The Balaban J connectivity index is 2.44. The van der Waals surface area contributed by atoms with E-state index in [0.29, 0.717) is 11.1 Å².